The maximum atomic E-state index is 12.9. The highest BCUT2D eigenvalue weighted by Gasteiger charge is 2.35. The van der Waals surface area contributed by atoms with E-state index >= 15 is 0 Å². The predicted molar refractivity (Wildman–Crippen MR) is 150 cm³/mol. The van der Waals surface area contributed by atoms with Crippen LogP contribution in [0.5, 0.6) is 0 Å². The molecular weight excluding hydrogens is 464 g/mol. The lowest BCUT2D eigenvalue weighted by Gasteiger charge is -2.39. The normalized spacial score (nSPS) is 21.7. The fraction of sp³-hybridized carbons (Fsp3) is 0.677. The highest BCUT2D eigenvalue weighted by atomic mass is 16.5. The molecule has 2 N–H and O–H groups in total. The second kappa shape index (κ2) is 13.7. The minimum Gasteiger partial charge on any atom is -0.385 e. The molecule has 6 heteroatoms. The Kier molecular flexibility index (Phi) is 10.4. The fourth-order valence-corrected chi connectivity index (χ4v) is 6.57. The van der Waals surface area contributed by atoms with Gasteiger partial charge < -0.3 is 20.1 Å². The molecule has 1 heterocycles. The Morgan fingerprint density at radius 2 is 1.76 bits per heavy atom. The number of ether oxygens (including phenoxy) is 2. The largest absolute Gasteiger partial charge is 0.385 e. The molecular formula is C31H46N2O4. The smallest absolute Gasteiger partial charge is 0.249 e. The van der Waals surface area contributed by atoms with E-state index in [4.69, 9.17) is 15.2 Å². The van der Waals surface area contributed by atoms with Gasteiger partial charge in [0.05, 0.1) is 11.8 Å². The van der Waals surface area contributed by atoms with Crippen molar-refractivity contribution < 1.29 is 9.47 Å². The number of anilines is 1. The van der Waals surface area contributed by atoms with Gasteiger partial charge in [-0.3, -0.25) is 9.59 Å². The summed E-state index contributed by atoms with van der Waals surface area (Å²) < 4.78 is 11.6. The van der Waals surface area contributed by atoms with Gasteiger partial charge in [-0.25, -0.2) is 0 Å². The summed E-state index contributed by atoms with van der Waals surface area (Å²) in [6.07, 6.45) is 11.0. The maximum Gasteiger partial charge on any atom is 0.249 e. The van der Waals surface area contributed by atoms with Gasteiger partial charge in [-0.05, 0) is 56.4 Å². The van der Waals surface area contributed by atoms with E-state index in [0.717, 1.165) is 44.3 Å². The van der Waals surface area contributed by atoms with Gasteiger partial charge in [0.25, 0.3) is 0 Å². The van der Waals surface area contributed by atoms with Crippen LogP contribution in [-0.2, 0) is 15.9 Å². The zero-order valence-corrected chi connectivity index (χ0v) is 22.8. The van der Waals surface area contributed by atoms with E-state index in [2.05, 4.69) is 36.1 Å². The standard InChI is InChI=1S/C31H46N2O4/c1-22(32)26(19-23-11-5-3-6-12-23)20-27-28(30(35)29(27)34)33-16-9-15-25(21-33)31(37-18-10-17-36-2)24-13-7-4-8-14-24/h4,7-8,13-14,22-23,25-26,31H,3,5-6,9-12,15-21,32H2,1-2H3/t22-,25+,26+,31-/m0/s1. The van der Waals surface area contributed by atoms with E-state index in [9.17, 15) is 9.59 Å². The summed E-state index contributed by atoms with van der Waals surface area (Å²) in [4.78, 5) is 27.9. The van der Waals surface area contributed by atoms with Gasteiger partial charge in [0, 0.05) is 50.9 Å². The molecule has 0 unspecified atom stereocenters. The molecule has 37 heavy (non-hydrogen) atoms. The van der Waals surface area contributed by atoms with Crippen molar-refractivity contribution in [3.05, 3.63) is 61.9 Å². The number of hydrogen-bond acceptors (Lipinski definition) is 6. The fourth-order valence-electron chi connectivity index (χ4n) is 6.57. The van der Waals surface area contributed by atoms with Crippen molar-refractivity contribution >= 4 is 5.69 Å². The molecule has 4 rings (SSSR count). The van der Waals surface area contributed by atoms with Crippen LogP contribution >= 0.6 is 0 Å². The molecule has 1 saturated heterocycles. The first-order chi connectivity index (χ1) is 18.0. The zero-order chi connectivity index (χ0) is 26.2. The third-order valence-corrected chi connectivity index (χ3v) is 8.67. The van der Waals surface area contributed by atoms with E-state index in [-0.39, 0.29) is 34.8 Å². The van der Waals surface area contributed by atoms with Crippen LogP contribution in [0.3, 0.4) is 0 Å². The maximum absolute atomic E-state index is 12.9. The highest BCUT2D eigenvalue weighted by molar-refractivity contribution is 5.59. The summed E-state index contributed by atoms with van der Waals surface area (Å²) in [5.74, 6) is 1.19. The van der Waals surface area contributed by atoms with Gasteiger partial charge in [0.15, 0.2) is 0 Å². The van der Waals surface area contributed by atoms with E-state index < -0.39 is 0 Å². The van der Waals surface area contributed by atoms with E-state index in [1.807, 2.05) is 6.07 Å². The second-order valence-corrected chi connectivity index (χ2v) is 11.4. The van der Waals surface area contributed by atoms with Gasteiger partial charge in [-0.2, -0.15) is 0 Å². The van der Waals surface area contributed by atoms with Crippen molar-refractivity contribution in [3.63, 3.8) is 0 Å². The van der Waals surface area contributed by atoms with Gasteiger partial charge in [-0.15, -0.1) is 0 Å². The van der Waals surface area contributed by atoms with E-state index in [0.29, 0.717) is 31.2 Å². The summed E-state index contributed by atoms with van der Waals surface area (Å²) >= 11 is 0. The van der Waals surface area contributed by atoms with Crippen molar-refractivity contribution in [2.45, 2.75) is 83.3 Å². The predicted octanol–water partition coefficient (Wildman–Crippen LogP) is 4.77. The molecule has 1 aliphatic carbocycles. The van der Waals surface area contributed by atoms with E-state index in [1.165, 1.54) is 37.7 Å². The second-order valence-electron chi connectivity index (χ2n) is 11.4. The quantitative estimate of drug-likeness (QED) is 0.309. The van der Waals surface area contributed by atoms with Crippen molar-refractivity contribution in [1.29, 1.82) is 0 Å². The molecule has 0 amide bonds. The first kappa shape index (κ1) is 28.0. The third-order valence-electron chi connectivity index (χ3n) is 8.67. The molecule has 2 aromatic carbocycles. The third kappa shape index (κ3) is 7.10. The van der Waals surface area contributed by atoms with Crippen LogP contribution in [-0.4, -0.2) is 39.5 Å². The monoisotopic (exact) mass is 510 g/mol. The van der Waals surface area contributed by atoms with Gasteiger partial charge >= 0.3 is 0 Å². The summed E-state index contributed by atoms with van der Waals surface area (Å²) in [6.45, 7) is 4.90. The van der Waals surface area contributed by atoms with Crippen LogP contribution in [0.1, 0.15) is 81.9 Å². The minimum atomic E-state index is -0.311. The van der Waals surface area contributed by atoms with Gasteiger partial charge in [-0.1, -0.05) is 62.4 Å². The summed E-state index contributed by atoms with van der Waals surface area (Å²) in [7, 11) is 1.71. The van der Waals surface area contributed by atoms with Gasteiger partial charge in [0.1, 0.15) is 0 Å². The van der Waals surface area contributed by atoms with Crippen molar-refractivity contribution in [2.75, 3.05) is 38.3 Å². The minimum absolute atomic E-state index is 0.0104. The number of benzene rings is 1. The molecule has 0 bridgehead atoms. The molecule has 2 aromatic rings. The number of nitrogens with zero attached hydrogens (tertiary/aromatic N) is 1. The van der Waals surface area contributed by atoms with E-state index in [1.54, 1.807) is 7.11 Å². The Morgan fingerprint density at radius 3 is 2.46 bits per heavy atom. The van der Waals surface area contributed by atoms with Crippen LogP contribution in [0.4, 0.5) is 5.69 Å². The Hall–Kier alpha value is -2.02. The molecule has 1 aliphatic heterocycles. The Bertz CT molecular complexity index is 1020. The molecule has 0 radical (unpaired) electrons. The summed E-state index contributed by atoms with van der Waals surface area (Å²) in [5.41, 5.74) is 8.37. The topological polar surface area (TPSA) is 81.9 Å². The molecule has 1 saturated carbocycles. The number of methoxy groups -OCH3 is 1. The molecule has 204 valence electrons. The Labute approximate surface area is 222 Å². The average molecular weight is 511 g/mol. The molecule has 6 nitrogen and oxygen atoms in total. The SMILES string of the molecule is COCCCO[C@@H](c1ccccc1)[C@@H]1CCCN(c2c(C[C@@H](CC3CCCCC3)[C@H](C)N)c(=O)c2=O)C1. The molecule has 2 aliphatic rings. The zero-order valence-electron chi connectivity index (χ0n) is 22.8. The lowest BCUT2D eigenvalue weighted by atomic mass is 9.78. The number of nitrogens with two attached hydrogens (primary N) is 1. The summed E-state index contributed by atoms with van der Waals surface area (Å²) in [5, 5.41) is 0. The van der Waals surface area contributed by atoms with Crippen LogP contribution in [0.2, 0.25) is 0 Å². The average Bonchev–Trinajstić information content (AvgIpc) is 2.93. The number of piperidine rings is 1. The van der Waals surface area contributed by atoms with Gasteiger partial charge in [0.2, 0.25) is 10.9 Å². The van der Waals surface area contributed by atoms with Crippen molar-refractivity contribution in [1.82, 2.24) is 0 Å². The molecule has 0 aromatic heterocycles. The van der Waals surface area contributed by atoms with Crippen LogP contribution in [0, 0.1) is 17.8 Å². The van der Waals surface area contributed by atoms with Crippen LogP contribution in [0.15, 0.2) is 39.9 Å². The Morgan fingerprint density at radius 1 is 1.00 bits per heavy atom. The number of hydrogen-bond donors (Lipinski definition) is 1. The highest BCUT2D eigenvalue weighted by Crippen LogP contribution is 2.36. The first-order valence-corrected chi connectivity index (χ1v) is 14.5. The number of rotatable bonds is 13. The molecule has 2 fully saturated rings. The summed E-state index contributed by atoms with van der Waals surface area (Å²) in [6, 6.07) is 10.4. The molecule has 0 spiro atoms. The lowest BCUT2D eigenvalue weighted by molar-refractivity contribution is -0.00238. The lowest BCUT2D eigenvalue weighted by Crippen LogP contribution is -2.49. The van der Waals surface area contributed by atoms with Crippen LogP contribution in [0.25, 0.3) is 0 Å². The first-order valence-electron chi connectivity index (χ1n) is 14.5. The Balaban J connectivity index is 1.48. The van der Waals surface area contributed by atoms with Crippen molar-refractivity contribution in [3.8, 4) is 0 Å². The van der Waals surface area contributed by atoms with Crippen LogP contribution < -0.4 is 21.5 Å². The molecule has 4 atom stereocenters. The van der Waals surface area contributed by atoms with Crippen molar-refractivity contribution in [2.24, 2.45) is 23.5 Å².